The molecule has 0 spiro atoms. The van der Waals surface area contributed by atoms with Gasteiger partial charge in [0.15, 0.2) is 5.78 Å². The Hall–Kier alpha value is -4.33. The smallest absolute Gasteiger partial charge is 0.406 e. The van der Waals surface area contributed by atoms with Crippen molar-refractivity contribution in [3.8, 4) is 5.75 Å². The fourth-order valence-corrected chi connectivity index (χ4v) is 4.53. The number of rotatable bonds is 9. The molecule has 0 radical (unpaired) electrons. The molecule has 0 unspecified atom stereocenters. The molecule has 4 rings (SSSR count). The van der Waals surface area contributed by atoms with E-state index in [9.17, 15) is 18.0 Å². The van der Waals surface area contributed by atoms with Crippen molar-refractivity contribution in [2.24, 2.45) is 0 Å². The number of allylic oxidation sites excluding steroid dienone is 1. The van der Waals surface area contributed by atoms with Crippen LogP contribution in [0, 0.1) is 13.8 Å². The van der Waals surface area contributed by atoms with E-state index in [-0.39, 0.29) is 11.5 Å². The lowest BCUT2D eigenvalue weighted by molar-refractivity contribution is -0.274. The first-order valence-corrected chi connectivity index (χ1v) is 13.8. The van der Waals surface area contributed by atoms with Gasteiger partial charge >= 0.3 is 6.36 Å². The number of aromatic nitrogens is 2. The number of imidazole rings is 1. The van der Waals surface area contributed by atoms with Crippen LogP contribution < -0.4 is 4.74 Å². The fraction of sp³-hybridized carbons (Fsp3) is 0.294. The van der Waals surface area contributed by atoms with Crippen LogP contribution in [0.1, 0.15) is 64.8 Å². The minimum atomic E-state index is -4.68. The molecule has 0 aliphatic heterocycles. The molecule has 222 valence electrons. The molecule has 0 amide bonds. The number of ether oxygens (including phenoxy) is 1. The molecule has 0 fully saturated rings. The van der Waals surface area contributed by atoms with Crippen molar-refractivity contribution < 1.29 is 22.7 Å². The highest BCUT2D eigenvalue weighted by molar-refractivity contribution is 5.94. The van der Waals surface area contributed by atoms with Gasteiger partial charge in [-0.3, -0.25) is 9.20 Å². The van der Waals surface area contributed by atoms with Gasteiger partial charge < -0.3 is 9.64 Å². The highest BCUT2D eigenvalue weighted by Gasteiger charge is 2.31. The first kappa shape index (κ1) is 32.2. The summed E-state index contributed by atoms with van der Waals surface area (Å²) < 4.78 is 42.5. The summed E-state index contributed by atoms with van der Waals surface area (Å²) in [7, 11) is 1.92. The molecule has 5 nitrogen and oxygen atoms in total. The molecular weight excluding hydrogens is 539 g/mol. The number of aryl methyl sites for hydroxylation is 4. The van der Waals surface area contributed by atoms with Crippen LogP contribution >= 0.6 is 0 Å². The molecule has 0 atom stereocenters. The molecule has 2 heterocycles. The SMILES string of the molecule is C=C/C(=C\c1cc(CC)ccc1C)N(C)Cc1ccc(OC(F)(F)F)cc1.CCc1nc2ccc(C)cn2c1C(C)=O. The van der Waals surface area contributed by atoms with Crippen LogP contribution in [0.4, 0.5) is 13.2 Å². The van der Waals surface area contributed by atoms with Crippen LogP contribution in [0.15, 0.2) is 79.1 Å². The first-order valence-electron chi connectivity index (χ1n) is 13.8. The van der Waals surface area contributed by atoms with Crippen LogP contribution in [0.25, 0.3) is 11.7 Å². The van der Waals surface area contributed by atoms with Crippen molar-refractivity contribution in [2.45, 2.75) is 60.4 Å². The lowest BCUT2D eigenvalue weighted by Crippen LogP contribution is -2.17. The molecule has 0 aliphatic rings. The van der Waals surface area contributed by atoms with Crippen molar-refractivity contribution in [1.82, 2.24) is 14.3 Å². The molecule has 0 bridgehead atoms. The van der Waals surface area contributed by atoms with Gasteiger partial charge in [0.05, 0.1) is 5.69 Å². The summed E-state index contributed by atoms with van der Waals surface area (Å²) in [6.07, 6.45) is 2.88. The number of carbonyl (C=O) groups is 1. The number of halogens is 3. The topological polar surface area (TPSA) is 46.8 Å². The summed E-state index contributed by atoms with van der Waals surface area (Å²) in [5, 5.41) is 0. The average molecular weight is 578 g/mol. The van der Waals surface area contributed by atoms with Crippen molar-refractivity contribution in [2.75, 3.05) is 7.05 Å². The molecule has 2 aromatic heterocycles. The third-order valence-electron chi connectivity index (χ3n) is 6.79. The Labute approximate surface area is 246 Å². The van der Waals surface area contributed by atoms with Crippen LogP contribution in [-0.4, -0.2) is 33.5 Å². The molecule has 0 saturated heterocycles. The van der Waals surface area contributed by atoms with Crippen molar-refractivity contribution >= 4 is 17.5 Å². The number of ketones is 1. The number of benzene rings is 2. The van der Waals surface area contributed by atoms with E-state index in [1.807, 2.05) is 48.5 Å². The van der Waals surface area contributed by atoms with Gasteiger partial charge in [0, 0.05) is 32.4 Å². The van der Waals surface area contributed by atoms with Crippen LogP contribution in [0.2, 0.25) is 0 Å². The number of Topliss-reactive ketones (excluding diaryl/α,β-unsaturated/α-hetero) is 1. The molecule has 2 aromatic carbocycles. The van der Waals surface area contributed by atoms with Crippen molar-refractivity contribution in [1.29, 1.82) is 0 Å². The molecule has 4 aromatic rings. The molecule has 8 heteroatoms. The van der Waals surface area contributed by atoms with Crippen LogP contribution in [-0.2, 0) is 19.4 Å². The number of pyridine rings is 1. The predicted molar refractivity (Wildman–Crippen MR) is 163 cm³/mol. The largest absolute Gasteiger partial charge is 0.573 e. The zero-order valence-electron chi connectivity index (χ0n) is 25.0. The summed E-state index contributed by atoms with van der Waals surface area (Å²) in [6.45, 7) is 14.2. The Morgan fingerprint density at radius 2 is 1.69 bits per heavy atom. The van der Waals surface area contributed by atoms with Crippen LogP contribution in [0.5, 0.6) is 5.75 Å². The minimum Gasteiger partial charge on any atom is -0.406 e. The Morgan fingerprint density at radius 1 is 1.02 bits per heavy atom. The second kappa shape index (κ2) is 14.0. The highest BCUT2D eigenvalue weighted by atomic mass is 19.4. The maximum absolute atomic E-state index is 12.2. The van der Waals surface area contributed by atoms with E-state index >= 15 is 0 Å². The number of alkyl halides is 3. The van der Waals surface area contributed by atoms with Crippen molar-refractivity contribution in [3.63, 3.8) is 0 Å². The fourth-order valence-electron chi connectivity index (χ4n) is 4.53. The number of hydrogen-bond donors (Lipinski definition) is 0. The first-order chi connectivity index (χ1) is 19.8. The number of likely N-dealkylation sites (N-methyl/N-ethyl adjacent to an activating group) is 1. The van der Waals surface area contributed by atoms with Gasteiger partial charge in [-0.15, -0.1) is 13.2 Å². The van der Waals surface area contributed by atoms with E-state index in [1.165, 1.54) is 23.3 Å². The number of hydrogen-bond acceptors (Lipinski definition) is 4. The van der Waals surface area contributed by atoms with Gasteiger partial charge in [-0.25, -0.2) is 4.98 Å². The molecule has 0 saturated carbocycles. The second-order valence-corrected chi connectivity index (χ2v) is 10.1. The average Bonchev–Trinajstić information content (AvgIpc) is 3.31. The van der Waals surface area contributed by atoms with Gasteiger partial charge in [0.25, 0.3) is 0 Å². The quantitative estimate of drug-likeness (QED) is 0.148. The Bertz CT molecular complexity index is 1570. The summed E-state index contributed by atoms with van der Waals surface area (Å²) in [4.78, 5) is 18.0. The predicted octanol–water partition coefficient (Wildman–Crippen LogP) is 8.52. The Morgan fingerprint density at radius 3 is 2.26 bits per heavy atom. The van der Waals surface area contributed by atoms with Gasteiger partial charge in [-0.05, 0) is 84.9 Å². The van der Waals surface area contributed by atoms with Gasteiger partial charge in [-0.1, -0.05) is 56.8 Å². The third kappa shape index (κ3) is 8.59. The second-order valence-electron chi connectivity index (χ2n) is 10.1. The number of carbonyl (C=O) groups excluding carboxylic acids is 1. The summed E-state index contributed by atoms with van der Waals surface area (Å²) >= 11 is 0. The number of fused-ring (bicyclic) bond motifs is 1. The Balaban J connectivity index is 0.000000271. The van der Waals surface area contributed by atoms with E-state index in [1.54, 1.807) is 25.1 Å². The van der Waals surface area contributed by atoms with E-state index in [0.29, 0.717) is 6.54 Å². The Kier molecular flexibility index (Phi) is 10.8. The van der Waals surface area contributed by atoms with Crippen molar-refractivity contribution in [3.05, 3.63) is 118 Å². The van der Waals surface area contributed by atoms with E-state index in [0.717, 1.165) is 52.3 Å². The normalized spacial score (nSPS) is 11.6. The van der Waals surface area contributed by atoms with E-state index in [2.05, 4.69) is 54.4 Å². The lowest BCUT2D eigenvalue weighted by Gasteiger charge is -2.21. The lowest BCUT2D eigenvalue weighted by atomic mass is 10.0. The zero-order valence-corrected chi connectivity index (χ0v) is 25.0. The van der Waals surface area contributed by atoms with Crippen LogP contribution in [0.3, 0.4) is 0 Å². The number of nitrogens with zero attached hydrogens (tertiary/aromatic N) is 3. The van der Waals surface area contributed by atoms with Gasteiger partial charge in [-0.2, -0.15) is 0 Å². The van der Waals surface area contributed by atoms with E-state index < -0.39 is 6.36 Å². The highest BCUT2D eigenvalue weighted by Crippen LogP contribution is 2.24. The zero-order chi connectivity index (χ0) is 31.0. The summed E-state index contributed by atoms with van der Waals surface area (Å²) in [6, 6.07) is 16.2. The molecule has 42 heavy (non-hydrogen) atoms. The molecule has 0 N–H and O–H groups in total. The molecular formula is C34H38F3N3O2. The standard InChI is InChI=1S/C22H24F3NO.C12H14N2O/c1-5-17-8-7-16(3)19(13-17)14-20(6-2)26(4)15-18-9-11-21(12-10-18)27-22(23,24)25;1-4-10-12(9(3)15)14-7-8(2)5-6-11(14)13-10/h6-14H,2,5,15H2,1,3-4H3;5-7H,4H2,1-3H3/b20-14+;. The summed E-state index contributed by atoms with van der Waals surface area (Å²) in [5.74, 6) is -0.148. The monoisotopic (exact) mass is 577 g/mol. The molecule has 0 aliphatic carbocycles. The van der Waals surface area contributed by atoms with Gasteiger partial charge in [0.1, 0.15) is 17.1 Å². The third-order valence-corrected chi connectivity index (χ3v) is 6.79. The minimum absolute atomic E-state index is 0.0740. The maximum atomic E-state index is 12.2. The van der Waals surface area contributed by atoms with E-state index in [4.69, 9.17) is 0 Å². The summed E-state index contributed by atoms with van der Waals surface area (Å²) in [5.41, 5.74) is 8.95. The van der Waals surface area contributed by atoms with Gasteiger partial charge in [0.2, 0.25) is 0 Å². The maximum Gasteiger partial charge on any atom is 0.573 e.